The number of rotatable bonds is 3. The van der Waals surface area contributed by atoms with Crippen molar-refractivity contribution in [3.05, 3.63) is 75.9 Å². The predicted molar refractivity (Wildman–Crippen MR) is 88.5 cm³/mol. The molecule has 110 valence electrons. The second kappa shape index (κ2) is 5.95. The van der Waals surface area contributed by atoms with Crippen molar-refractivity contribution in [3.8, 4) is 11.3 Å². The molecule has 0 N–H and O–H groups in total. The smallest absolute Gasteiger partial charge is 0.196 e. The fourth-order valence-electron chi connectivity index (χ4n) is 2.30. The molecule has 0 unspecified atom stereocenters. The standard InChI is InChI=1S/C17H12Cl2N2O/c1-21-10-15(17(22)11-5-3-2-4-6-11)16(20-21)12-7-13(18)9-14(19)8-12/h2-10H,1H3. The Morgan fingerprint density at radius 2 is 1.68 bits per heavy atom. The first-order chi connectivity index (χ1) is 10.5. The molecule has 0 aliphatic carbocycles. The van der Waals surface area contributed by atoms with Gasteiger partial charge in [-0.05, 0) is 18.2 Å². The predicted octanol–water partition coefficient (Wildman–Crippen LogP) is 4.62. The molecule has 1 aromatic heterocycles. The second-order valence-corrected chi connectivity index (χ2v) is 5.79. The number of halogens is 2. The molecule has 0 saturated heterocycles. The largest absolute Gasteiger partial charge is 0.288 e. The van der Waals surface area contributed by atoms with E-state index in [0.29, 0.717) is 26.9 Å². The summed E-state index contributed by atoms with van der Waals surface area (Å²) in [6.07, 6.45) is 1.71. The normalized spacial score (nSPS) is 10.7. The molecule has 5 heteroatoms. The Balaban J connectivity index is 2.13. The Hall–Kier alpha value is -2.10. The van der Waals surface area contributed by atoms with Crippen LogP contribution in [-0.2, 0) is 7.05 Å². The maximum Gasteiger partial charge on any atom is 0.196 e. The molecule has 2 aromatic carbocycles. The van der Waals surface area contributed by atoms with Crippen molar-refractivity contribution >= 4 is 29.0 Å². The third kappa shape index (κ3) is 2.91. The zero-order valence-electron chi connectivity index (χ0n) is 11.8. The molecule has 22 heavy (non-hydrogen) atoms. The highest BCUT2D eigenvalue weighted by atomic mass is 35.5. The van der Waals surface area contributed by atoms with Gasteiger partial charge in [0.25, 0.3) is 0 Å². The number of carbonyl (C=O) groups is 1. The highest BCUT2D eigenvalue weighted by molar-refractivity contribution is 6.35. The summed E-state index contributed by atoms with van der Waals surface area (Å²) < 4.78 is 1.61. The minimum Gasteiger partial charge on any atom is -0.288 e. The van der Waals surface area contributed by atoms with Crippen LogP contribution in [0, 0.1) is 0 Å². The molecule has 0 fully saturated rings. The molecule has 0 spiro atoms. The number of aromatic nitrogens is 2. The van der Waals surface area contributed by atoms with Crippen LogP contribution in [0.4, 0.5) is 0 Å². The maximum atomic E-state index is 12.7. The fraction of sp³-hybridized carbons (Fsp3) is 0.0588. The lowest BCUT2D eigenvalue weighted by atomic mass is 10.0. The molecular weight excluding hydrogens is 319 g/mol. The molecule has 0 bridgehead atoms. The zero-order chi connectivity index (χ0) is 15.7. The molecule has 0 aliphatic rings. The van der Waals surface area contributed by atoms with Crippen LogP contribution in [-0.4, -0.2) is 15.6 Å². The van der Waals surface area contributed by atoms with Crippen molar-refractivity contribution in [2.75, 3.05) is 0 Å². The van der Waals surface area contributed by atoms with E-state index in [4.69, 9.17) is 23.2 Å². The fourth-order valence-corrected chi connectivity index (χ4v) is 2.83. The van der Waals surface area contributed by atoms with Crippen LogP contribution < -0.4 is 0 Å². The van der Waals surface area contributed by atoms with E-state index in [2.05, 4.69) is 5.10 Å². The van der Waals surface area contributed by atoms with Gasteiger partial charge in [0.05, 0.1) is 5.56 Å². The molecule has 0 aliphatic heterocycles. The van der Waals surface area contributed by atoms with Gasteiger partial charge in [-0.3, -0.25) is 9.48 Å². The first-order valence-electron chi connectivity index (χ1n) is 6.64. The van der Waals surface area contributed by atoms with Crippen molar-refractivity contribution in [1.82, 2.24) is 9.78 Å². The number of benzene rings is 2. The molecule has 3 aromatic rings. The molecule has 0 amide bonds. The topological polar surface area (TPSA) is 34.9 Å². The van der Waals surface area contributed by atoms with Crippen molar-refractivity contribution in [3.63, 3.8) is 0 Å². The molecule has 3 nitrogen and oxygen atoms in total. The average molecular weight is 331 g/mol. The van der Waals surface area contributed by atoms with Gasteiger partial charge in [-0.15, -0.1) is 0 Å². The first kappa shape index (κ1) is 14.8. The Kier molecular flexibility index (Phi) is 4.01. The highest BCUT2D eigenvalue weighted by Gasteiger charge is 2.19. The lowest BCUT2D eigenvalue weighted by Crippen LogP contribution is -2.01. The Bertz CT molecular complexity index is 821. The van der Waals surface area contributed by atoms with Gasteiger partial charge in [-0.25, -0.2) is 0 Å². The van der Waals surface area contributed by atoms with Gasteiger partial charge >= 0.3 is 0 Å². The summed E-state index contributed by atoms with van der Waals surface area (Å²) in [7, 11) is 1.78. The number of hydrogen-bond donors (Lipinski definition) is 0. The van der Waals surface area contributed by atoms with E-state index in [0.717, 1.165) is 5.56 Å². The van der Waals surface area contributed by atoms with Gasteiger partial charge in [0, 0.05) is 34.4 Å². The van der Waals surface area contributed by atoms with E-state index in [1.54, 1.807) is 48.3 Å². The lowest BCUT2D eigenvalue weighted by Gasteiger charge is -2.04. The number of hydrogen-bond acceptors (Lipinski definition) is 2. The quantitative estimate of drug-likeness (QED) is 0.656. The van der Waals surface area contributed by atoms with Gasteiger partial charge in [0.15, 0.2) is 5.78 Å². The summed E-state index contributed by atoms with van der Waals surface area (Å²) >= 11 is 12.1. The van der Waals surface area contributed by atoms with E-state index >= 15 is 0 Å². The van der Waals surface area contributed by atoms with Crippen molar-refractivity contribution in [2.45, 2.75) is 0 Å². The van der Waals surface area contributed by atoms with Crippen LogP contribution in [0.15, 0.2) is 54.7 Å². The van der Waals surface area contributed by atoms with Crippen molar-refractivity contribution < 1.29 is 4.79 Å². The van der Waals surface area contributed by atoms with Crippen molar-refractivity contribution in [1.29, 1.82) is 0 Å². The summed E-state index contributed by atoms with van der Waals surface area (Å²) in [6, 6.07) is 14.2. The van der Waals surface area contributed by atoms with E-state index in [1.807, 2.05) is 18.2 Å². The van der Waals surface area contributed by atoms with Crippen LogP contribution in [0.2, 0.25) is 10.0 Å². The van der Waals surface area contributed by atoms with E-state index in [-0.39, 0.29) is 5.78 Å². The average Bonchev–Trinajstić information content (AvgIpc) is 2.88. The third-order valence-corrected chi connectivity index (χ3v) is 3.68. The van der Waals surface area contributed by atoms with Gasteiger partial charge in [0.1, 0.15) is 5.69 Å². The summed E-state index contributed by atoms with van der Waals surface area (Å²) in [5.74, 6) is -0.0835. The SMILES string of the molecule is Cn1cc(C(=O)c2ccccc2)c(-c2cc(Cl)cc(Cl)c2)n1. The summed E-state index contributed by atoms with van der Waals surface area (Å²) in [4.78, 5) is 12.7. The van der Waals surface area contributed by atoms with Gasteiger partial charge in [0.2, 0.25) is 0 Å². The van der Waals surface area contributed by atoms with Crippen LogP contribution >= 0.6 is 23.2 Å². The molecule has 0 saturated carbocycles. The van der Waals surface area contributed by atoms with Gasteiger partial charge in [-0.2, -0.15) is 5.10 Å². The van der Waals surface area contributed by atoms with Gasteiger partial charge < -0.3 is 0 Å². The van der Waals surface area contributed by atoms with Crippen molar-refractivity contribution in [2.24, 2.45) is 7.05 Å². The van der Waals surface area contributed by atoms with E-state index in [1.165, 1.54) is 0 Å². The Labute approximate surface area is 138 Å². The van der Waals surface area contributed by atoms with Gasteiger partial charge in [-0.1, -0.05) is 53.5 Å². The lowest BCUT2D eigenvalue weighted by molar-refractivity contribution is 0.103. The highest BCUT2D eigenvalue weighted by Crippen LogP contribution is 2.29. The monoisotopic (exact) mass is 330 g/mol. The summed E-state index contributed by atoms with van der Waals surface area (Å²) in [5.41, 5.74) is 2.43. The van der Waals surface area contributed by atoms with Crippen LogP contribution in [0.3, 0.4) is 0 Å². The second-order valence-electron chi connectivity index (χ2n) is 4.92. The van der Waals surface area contributed by atoms with Crippen LogP contribution in [0.25, 0.3) is 11.3 Å². The number of ketones is 1. The summed E-state index contributed by atoms with van der Waals surface area (Å²) in [6.45, 7) is 0. The Morgan fingerprint density at radius 1 is 1.05 bits per heavy atom. The maximum absolute atomic E-state index is 12.7. The number of aryl methyl sites for hydroxylation is 1. The van der Waals surface area contributed by atoms with E-state index < -0.39 is 0 Å². The molecule has 0 atom stereocenters. The van der Waals surface area contributed by atoms with E-state index in [9.17, 15) is 4.79 Å². The first-order valence-corrected chi connectivity index (χ1v) is 7.40. The zero-order valence-corrected chi connectivity index (χ0v) is 13.3. The van der Waals surface area contributed by atoms with Crippen LogP contribution in [0.1, 0.15) is 15.9 Å². The molecular formula is C17H12Cl2N2O. The van der Waals surface area contributed by atoms with Crippen LogP contribution in [0.5, 0.6) is 0 Å². The molecule has 3 rings (SSSR count). The minimum atomic E-state index is -0.0835. The summed E-state index contributed by atoms with van der Waals surface area (Å²) in [5, 5.41) is 5.40. The third-order valence-electron chi connectivity index (χ3n) is 3.25. The number of nitrogens with zero attached hydrogens (tertiary/aromatic N) is 2. The molecule has 0 radical (unpaired) electrons. The molecule has 1 heterocycles. The minimum absolute atomic E-state index is 0.0835. The number of carbonyl (C=O) groups excluding carboxylic acids is 1. The Morgan fingerprint density at radius 3 is 2.32 bits per heavy atom.